The molecule has 0 aromatic heterocycles. The summed E-state index contributed by atoms with van der Waals surface area (Å²) in [6, 6.07) is 12.0. The van der Waals surface area contributed by atoms with Gasteiger partial charge in [0.2, 0.25) is 0 Å². The van der Waals surface area contributed by atoms with E-state index in [-0.39, 0.29) is 23.7 Å². The summed E-state index contributed by atoms with van der Waals surface area (Å²) in [5, 5.41) is 10.9. The number of nitrogens with zero attached hydrogens (tertiary/aromatic N) is 2. The number of amides is 1. The van der Waals surface area contributed by atoms with Crippen LogP contribution in [0.1, 0.15) is 39.9 Å². The molecule has 1 fully saturated rings. The van der Waals surface area contributed by atoms with E-state index in [1.54, 1.807) is 12.1 Å². The Balaban J connectivity index is 1.84. The maximum Gasteiger partial charge on any atom is 0.293 e. The van der Waals surface area contributed by atoms with Crippen LogP contribution in [0.2, 0.25) is 0 Å². The molecule has 0 spiro atoms. The van der Waals surface area contributed by atoms with Crippen molar-refractivity contribution < 1.29 is 19.2 Å². The van der Waals surface area contributed by atoms with Crippen molar-refractivity contribution in [2.45, 2.75) is 45.3 Å². The molecule has 2 atom stereocenters. The van der Waals surface area contributed by atoms with Gasteiger partial charge in [-0.2, -0.15) is 0 Å². The lowest BCUT2D eigenvalue weighted by atomic mass is 9.92. The van der Waals surface area contributed by atoms with E-state index in [2.05, 4.69) is 0 Å². The Kier molecular flexibility index (Phi) is 6.26. The van der Waals surface area contributed by atoms with Gasteiger partial charge in [0.15, 0.2) is 0 Å². The second-order valence-corrected chi connectivity index (χ2v) is 7.54. The first-order valence-corrected chi connectivity index (χ1v) is 9.59. The van der Waals surface area contributed by atoms with Crippen molar-refractivity contribution in [3.05, 3.63) is 74.8 Å². The molecule has 152 valence electrons. The van der Waals surface area contributed by atoms with Gasteiger partial charge in [-0.05, 0) is 38.0 Å². The van der Waals surface area contributed by atoms with E-state index in [4.69, 9.17) is 4.74 Å². The lowest BCUT2D eigenvalue weighted by Gasteiger charge is -2.39. The number of nitro groups is 1. The predicted molar refractivity (Wildman–Crippen MR) is 108 cm³/mol. The van der Waals surface area contributed by atoms with Crippen LogP contribution in [0.25, 0.3) is 0 Å². The molecule has 0 bridgehead atoms. The van der Waals surface area contributed by atoms with Crippen molar-refractivity contribution in [3.63, 3.8) is 0 Å². The number of hydrogen-bond donors (Lipinski definition) is 0. The molecule has 2 aromatic carbocycles. The molecule has 2 aromatic rings. The normalized spacial score (nSPS) is 18.9. The molecule has 1 heterocycles. The van der Waals surface area contributed by atoms with Gasteiger partial charge < -0.3 is 9.64 Å². The third-order valence-electron chi connectivity index (χ3n) is 5.26. The van der Waals surface area contributed by atoms with Crippen LogP contribution in [0.3, 0.4) is 0 Å². The first-order valence-electron chi connectivity index (χ1n) is 9.59. The lowest BCUT2D eigenvalue weighted by Crippen LogP contribution is -2.49. The molecule has 1 amide bonds. The van der Waals surface area contributed by atoms with Crippen molar-refractivity contribution in [2.24, 2.45) is 0 Å². The molecule has 0 unspecified atom stereocenters. The fourth-order valence-corrected chi connectivity index (χ4v) is 3.97. The monoisotopic (exact) mass is 396 g/mol. The number of non-ortho nitro benzene ring substituents is 1. The Morgan fingerprint density at radius 3 is 2.45 bits per heavy atom. The van der Waals surface area contributed by atoms with Gasteiger partial charge in [0.1, 0.15) is 6.10 Å². The maximum atomic E-state index is 13.2. The van der Waals surface area contributed by atoms with Crippen LogP contribution in [0, 0.1) is 24.0 Å². The van der Waals surface area contributed by atoms with Gasteiger partial charge >= 0.3 is 0 Å². The van der Waals surface area contributed by atoms with Crippen molar-refractivity contribution in [2.75, 3.05) is 6.54 Å². The Hall–Kier alpha value is -3.22. The van der Waals surface area contributed by atoms with Gasteiger partial charge in [-0.1, -0.05) is 29.3 Å². The average molecular weight is 396 g/mol. The maximum absolute atomic E-state index is 13.2. The molecule has 0 radical (unpaired) electrons. The summed E-state index contributed by atoms with van der Waals surface area (Å²) in [6.45, 7) is 4.86. The van der Waals surface area contributed by atoms with Crippen molar-refractivity contribution in [1.29, 1.82) is 0 Å². The molecule has 0 aliphatic carbocycles. The van der Waals surface area contributed by atoms with Crippen molar-refractivity contribution in [1.82, 2.24) is 4.90 Å². The molecule has 7 nitrogen and oxygen atoms in total. The summed E-state index contributed by atoms with van der Waals surface area (Å²) in [4.78, 5) is 36.3. The Labute approximate surface area is 169 Å². The van der Waals surface area contributed by atoms with Crippen LogP contribution < -0.4 is 0 Å². The van der Waals surface area contributed by atoms with E-state index in [0.29, 0.717) is 37.8 Å². The van der Waals surface area contributed by atoms with E-state index in [0.717, 1.165) is 16.7 Å². The molecule has 29 heavy (non-hydrogen) atoms. The average Bonchev–Trinajstić information content (AvgIpc) is 2.67. The topological polar surface area (TPSA) is 89.8 Å². The van der Waals surface area contributed by atoms with Crippen LogP contribution >= 0.6 is 0 Å². The molecular formula is C22H24N2O5. The standard InChI is InChI=1S/C22H24N2O5/c1-15-9-16(2)11-18(10-15)22(26)23-8-7-21(29-14-25)13-20(23)12-17-3-5-19(6-4-17)24(27)28/h3-6,9-11,14,20-21H,7-8,12-13H2,1-2H3/t20-,21+/m1/s1. The van der Waals surface area contributed by atoms with Gasteiger partial charge in [-0.25, -0.2) is 0 Å². The number of hydrogen-bond acceptors (Lipinski definition) is 5. The van der Waals surface area contributed by atoms with Gasteiger partial charge in [-0.15, -0.1) is 0 Å². The lowest BCUT2D eigenvalue weighted by molar-refractivity contribution is -0.384. The van der Waals surface area contributed by atoms with E-state index >= 15 is 0 Å². The van der Waals surface area contributed by atoms with Crippen LogP contribution in [0.15, 0.2) is 42.5 Å². The molecular weight excluding hydrogens is 372 g/mol. The fourth-order valence-electron chi connectivity index (χ4n) is 3.97. The minimum Gasteiger partial charge on any atom is -0.464 e. The number of piperidine rings is 1. The molecule has 1 saturated heterocycles. The fraction of sp³-hybridized carbons (Fsp3) is 0.364. The highest BCUT2D eigenvalue weighted by Gasteiger charge is 2.33. The zero-order valence-corrected chi connectivity index (χ0v) is 16.5. The summed E-state index contributed by atoms with van der Waals surface area (Å²) in [6.07, 6.45) is 1.42. The quantitative estimate of drug-likeness (QED) is 0.423. The summed E-state index contributed by atoms with van der Waals surface area (Å²) in [5.41, 5.74) is 3.62. The molecule has 7 heteroatoms. The molecule has 0 saturated carbocycles. The zero-order valence-electron chi connectivity index (χ0n) is 16.5. The minimum absolute atomic E-state index is 0.0303. The van der Waals surface area contributed by atoms with Crippen LogP contribution in [-0.2, 0) is 16.0 Å². The first-order chi connectivity index (χ1) is 13.9. The molecule has 0 N–H and O–H groups in total. The van der Waals surface area contributed by atoms with Crippen LogP contribution in [-0.4, -0.2) is 40.9 Å². The van der Waals surface area contributed by atoms with Crippen molar-refractivity contribution >= 4 is 18.1 Å². The highest BCUT2D eigenvalue weighted by atomic mass is 16.6. The van der Waals surface area contributed by atoms with Gasteiger partial charge in [-0.3, -0.25) is 19.7 Å². The second kappa shape index (κ2) is 8.86. The summed E-state index contributed by atoms with van der Waals surface area (Å²) in [7, 11) is 0. The smallest absolute Gasteiger partial charge is 0.293 e. The number of nitro benzene ring substituents is 1. The number of carbonyl (C=O) groups excluding carboxylic acids is 2. The summed E-state index contributed by atoms with van der Waals surface area (Å²) in [5.74, 6) is -0.0479. The zero-order chi connectivity index (χ0) is 21.0. The van der Waals surface area contributed by atoms with E-state index in [1.807, 2.05) is 36.9 Å². The van der Waals surface area contributed by atoms with E-state index < -0.39 is 4.92 Å². The Morgan fingerprint density at radius 1 is 1.21 bits per heavy atom. The van der Waals surface area contributed by atoms with Gasteiger partial charge in [0.25, 0.3) is 18.1 Å². The minimum atomic E-state index is -0.436. The number of ether oxygens (including phenoxy) is 1. The van der Waals surface area contributed by atoms with Gasteiger partial charge in [0, 0.05) is 43.1 Å². The number of aryl methyl sites for hydroxylation is 2. The highest BCUT2D eigenvalue weighted by molar-refractivity contribution is 5.95. The third-order valence-corrected chi connectivity index (χ3v) is 5.26. The number of rotatable bonds is 6. The number of carbonyl (C=O) groups is 2. The van der Waals surface area contributed by atoms with Gasteiger partial charge in [0.05, 0.1) is 4.92 Å². The molecule has 3 rings (SSSR count). The SMILES string of the molecule is Cc1cc(C)cc(C(=O)N2CC[C@H](OC=O)C[C@H]2Cc2ccc([N+](=O)[O-])cc2)c1. The number of likely N-dealkylation sites (tertiary alicyclic amines) is 1. The summed E-state index contributed by atoms with van der Waals surface area (Å²) < 4.78 is 5.17. The van der Waals surface area contributed by atoms with E-state index in [9.17, 15) is 19.7 Å². The van der Waals surface area contributed by atoms with E-state index in [1.165, 1.54) is 12.1 Å². The largest absolute Gasteiger partial charge is 0.464 e. The molecule has 1 aliphatic rings. The highest BCUT2D eigenvalue weighted by Crippen LogP contribution is 2.26. The third kappa shape index (κ3) is 4.99. The van der Waals surface area contributed by atoms with Crippen LogP contribution in [0.4, 0.5) is 5.69 Å². The van der Waals surface area contributed by atoms with Crippen LogP contribution in [0.5, 0.6) is 0 Å². The Bertz CT molecular complexity index is 890. The number of benzene rings is 2. The predicted octanol–water partition coefficient (Wildman–Crippen LogP) is 3.60. The summed E-state index contributed by atoms with van der Waals surface area (Å²) >= 11 is 0. The Morgan fingerprint density at radius 2 is 1.86 bits per heavy atom. The molecule has 1 aliphatic heterocycles. The first kappa shape index (κ1) is 20.5. The van der Waals surface area contributed by atoms with Crippen molar-refractivity contribution in [3.8, 4) is 0 Å². The second-order valence-electron chi connectivity index (χ2n) is 7.54.